The normalized spacial score (nSPS) is 16.8. The molecule has 0 bridgehead atoms. The molecule has 1 aliphatic rings. The number of allylic oxidation sites excluding steroid dienone is 5. The number of rotatable bonds is 11. The van der Waals surface area contributed by atoms with Crippen LogP contribution in [-0.4, -0.2) is 53.1 Å². The second kappa shape index (κ2) is 14.3. The maximum absolute atomic E-state index is 7.10. The second-order valence-electron chi connectivity index (χ2n) is 10.8. The van der Waals surface area contributed by atoms with Crippen molar-refractivity contribution in [3.05, 3.63) is 101 Å². The van der Waals surface area contributed by atoms with Crippen LogP contribution in [0.1, 0.15) is 63.6 Å². The van der Waals surface area contributed by atoms with Crippen molar-refractivity contribution in [2.45, 2.75) is 52.5 Å². The van der Waals surface area contributed by atoms with Crippen LogP contribution in [0.3, 0.4) is 0 Å². The van der Waals surface area contributed by atoms with Crippen LogP contribution in [0.5, 0.6) is 0 Å². The van der Waals surface area contributed by atoms with E-state index in [9.17, 15) is 0 Å². The molecule has 1 saturated heterocycles. The number of hydrazine groups is 1. The summed E-state index contributed by atoms with van der Waals surface area (Å²) < 4.78 is 2.07. The molecular formula is C32H44ClN7. The number of aromatic nitrogens is 2. The monoisotopic (exact) mass is 561 g/mol. The van der Waals surface area contributed by atoms with Gasteiger partial charge in [0.15, 0.2) is 0 Å². The Morgan fingerprint density at radius 2 is 1.93 bits per heavy atom. The molecule has 2 aromatic rings. The van der Waals surface area contributed by atoms with E-state index in [0.29, 0.717) is 11.1 Å². The summed E-state index contributed by atoms with van der Waals surface area (Å²) in [5, 5.41) is 6.66. The molecule has 2 heterocycles. The van der Waals surface area contributed by atoms with Crippen LogP contribution in [0, 0.1) is 0 Å². The van der Waals surface area contributed by atoms with E-state index in [1.807, 2.05) is 37.5 Å². The highest BCUT2D eigenvalue weighted by Gasteiger charge is 2.26. The Kier molecular flexibility index (Phi) is 11.1. The molecule has 0 amide bonds. The van der Waals surface area contributed by atoms with Crippen molar-refractivity contribution in [1.82, 2.24) is 19.7 Å². The standard InChI is InChI=1S/C32H44ClN7/c1-22(2)9-11-27(23(3)4)31(30(20-34)38(7)35)25-10-12-29(36-6)28(19-25)32(33)24(5)21-39-17-13-26(14-18-39)40-16-8-15-37-40/h8-12,15-16,19-20,26,31H,3,6,13-14,17-18,21,34-35H2,1-2,4-5,7H3/b27-11+,30-20-,32-24-. The van der Waals surface area contributed by atoms with E-state index in [-0.39, 0.29) is 5.92 Å². The fraction of sp³-hybridized carbons (Fsp3) is 0.375. The van der Waals surface area contributed by atoms with Gasteiger partial charge >= 0.3 is 0 Å². The van der Waals surface area contributed by atoms with Crippen LogP contribution in [0.25, 0.3) is 5.03 Å². The van der Waals surface area contributed by atoms with Crippen LogP contribution in [0.2, 0.25) is 0 Å². The Hall–Kier alpha value is -3.39. The molecule has 1 aromatic heterocycles. The lowest BCUT2D eigenvalue weighted by molar-refractivity contribution is 0.192. The first kappa shape index (κ1) is 31.1. The number of likely N-dealkylation sites (tertiary alicyclic amines) is 1. The lowest BCUT2D eigenvalue weighted by Gasteiger charge is -2.32. The molecule has 7 nitrogen and oxygen atoms in total. The molecule has 4 N–H and O–H groups in total. The minimum atomic E-state index is -0.253. The van der Waals surface area contributed by atoms with Gasteiger partial charge in [-0.1, -0.05) is 47.5 Å². The van der Waals surface area contributed by atoms with Crippen LogP contribution in [0.4, 0.5) is 5.69 Å². The summed E-state index contributed by atoms with van der Waals surface area (Å²) in [5.41, 5.74) is 13.6. The van der Waals surface area contributed by atoms with Crippen molar-refractivity contribution in [2.75, 3.05) is 26.7 Å². The van der Waals surface area contributed by atoms with Crippen molar-refractivity contribution < 1.29 is 0 Å². The number of benzene rings is 1. The van der Waals surface area contributed by atoms with Crippen molar-refractivity contribution in [2.24, 2.45) is 16.6 Å². The summed E-state index contributed by atoms with van der Waals surface area (Å²) in [6.45, 7) is 19.0. The fourth-order valence-electron chi connectivity index (χ4n) is 5.19. The minimum absolute atomic E-state index is 0.253. The Morgan fingerprint density at radius 3 is 2.45 bits per heavy atom. The lowest BCUT2D eigenvalue weighted by atomic mass is 9.83. The number of nitrogens with zero attached hydrogens (tertiary/aromatic N) is 5. The van der Waals surface area contributed by atoms with Crippen molar-refractivity contribution in [1.29, 1.82) is 0 Å². The maximum Gasteiger partial charge on any atom is 0.0709 e. The molecule has 0 saturated carbocycles. The highest BCUT2D eigenvalue weighted by atomic mass is 35.5. The number of hydrogen-bond acceptors (Lipinski definition) is 6. The molecule has 40 heavy (non-hydrogen) atoms. The van der Waals surface area contributed by atoms with Crippen molar-refractivity contribution in [3.63, 3.8) is 0 Å². The molecule has 8 heteroatoms. The van der Waals surface area contributed by atoms with Gasteiger partial charge in [-0.25, -0.2) is 5.84 Å². The molecule has 214 valence electrons. The van der Waals surface area contributed by atoms with E-state index in [0.717, 1.165) is 71.7 Å². The van der Waals surface area contributed by atoms with Crippen LogP contribution >= 0.6 is 11.6 Å². The molecule has 0 spiro atoms. The zero-order valence-corrected chi connectivity index (χ0v) is 25.3. The minimum Gasteiger partial charge on any atom is -0.403 e. The highest BCUT2D eigenvalue weighted by Crippen LogP contribution is 2.40. The molecular weight excluding hydrogens is 518 g/mol. The van der Waals surface area contributed by atoms with E-state index in [2.05, 4.69) is 72.0 Å². The molecule has 1 aromatic carbocycles. The Bertz CT molecular complexity index is 1300. The van der Waals surface area contributed by atoms with Gasteiger partial charge in [-0.15, -0.1) is 0 Å². The third kappa shape index (κ3) is 7.62. The van der Waals surface area contributed by atoms with Crippen LogP contribution in [0.15, 0.2) is 94.6 Å². The number of likely N-dealkylation sites (N-methyl/N-ethyl adjacent to an activating group) is 1. The first-order valence-electron chi connectivity index (χ1n) is 13.7. The molecule has 3 rings (SSSR count). The first-order valence-corrected chi connectivity index (χ1v) is 14.0. The zero-order chi connectivity index (χ0) is 29.4. The SMILES string of the molecule is C=Nc1ccc(C(/C(=C/C=C(C)C)C(=C)C)/C(=C/N)N(C)N)cc1/C(Cl)=C(\C)CN1CCC(n2cccn2)CC1. The van der Waals surface area contributed by atoms with Gasteiger partial charge in [-0.2, -0.15) is 5.10 Å². The van der Waals surface area contributed by atoms with Gasteiger partial charge in [0, 0.05) is 50.8 Å². The van der Waals surface area contributed by atoms with Crippen molar-refractivity contribution >= 4 is 29.0 Å². The van der Waals surface area contributed by atoms with Crippen molar-refractivity contribution in [3.8, 4) is 0 Å². The summed E-state index contributed by atoms with van der Waals surface area (Å²) in [5.74, 6) is 6.01. The van der Waals surface area contributed by atoms with E-state index < -0.39 is 0 Å². The summed E-state index contributed by atoms with van der Waals surface area (Å²) in [6, 6.07) is 8.50. The largest absolute Gasteiger partial charge is 0.403 e. The second-order valence-corrected chi connectivity index (χ2v) is 11.2. The third-order valence-corrected chi connectivity index (χ3v) is 7.85. The predicted molar refractivity (Wildman–Crippen MR) is 170 cm³/mol. The topological polar surface area (TPSA) is 88.7 Å². The third-order valence-electron chi connectivity index (χ3n) is 7.33. The number of halogens is 1. The summed E-state index contributed by atoms with van der Waals surface area (Å²) in [7, 11) is 1.79. The first-order chi connectivity index (χ1) is 19.1. The van der Waals surface area contributed by atoms with E-state index in [1.54, 1.807) is 18.3 Å². The molecule has 1 unspecified atom stereocenters. The molecule has 0 aliphatic carbocycles. The summed E-state index contributed by atoms with van der Waals surface area (Å²) >= 11 is 7.10. The fourth-order valence-corrected chi connectivity index (χ4v) is 5.40. The average molecular weight is 562 g/mol. The predicted octanol–water partition coefficient (Wildman–Crippen LogP) is 6.68. The van der Waals surface area contributed by atoms with E-state index >= 15 is 0 Å². The van der Waals surface area contributed by atoms with Gasteiger partial charge in [0.05, 0.1) is 28.4 Å². The van der Waals surface area contributed by atoms with Gasteiger partial charge in [0.2, 0.25) is 0 Å². The smallest absolute Gasteiger partial charge is 0.0709 e. The Labute approximate surface area is 244 Å². The molecule has 1 aliphatic heterocycles. The highest BCUT2D eigenvalue weighted by molar-refractivity contribution is 6.49. The quantitative estimate of drug-likeness (QED) is 0.138. The van der Waals surface area contributed by atoms with E-state index in [1.165, 1.54) is 5.57 Å². The van der Waals surface area contributed by atoms with Gasteiger partial charge < -0.3 is 10.7 Å². The van der Waals surface area contributed by atoms with Gasteiger partial charge in [-0.05, 0) is 82.2 Å². The zero-order valence-electron chi connectivity index (χ0n) is 24.6. The van der Waals surface area contributed by atoms with Crippen LogP contribution in [-0.2, 0) is 0 Å². The summed E-state index contributed by atoms with van der Waals surface area (Å²) in [6.07, 6.45) is 11.7. The van der Waals surface area contributed by atoms with E-state index in [4.69, 9.17) is 23.2 Å². The van der Waals surface area contributed by atoms with Gasteiger partial charge in [-0.3, -0.25) is 14.6 Å². The number of nitrogens with two attached hydrogens (primary N) is 2. The molecule has 1 atom stereocenters. The Balaban J connectivity index is 1.98. The van der Waals surface area contributed by atoms with Gasteiger partial charge in [0.1, 0.15) is 0 Å². The molecule has 0 radical (unpaired) electrons. The lowest BCUT2D eigenvalue weighted by Crippen LogP contribution is -2.35. The van der Waals surface area contributed by atoms with Crippen LogP contribution < -0.4 is 11.6 Å². The Morgan fingerprint density at radius 1 is 1.23 bits per heavy atom. The average Bonchev–Trinajstić information content (AvgIpc) is 3.47. The summed E-state index contributed by atoms with van der Waals surface area (Å²) in [4.78, 5) is 6.74. The number of piperidine rings is 1. The maximum atomic E-state index is 7.10. The molecule has 1 fully saturated rings. The number of hydrogen-bond donors (Lipinski definition) is 2. The number of aliphatic imine (C=N–C) groups is 1. The van der Waals surface area contributed by atoms with Gasteiger partial charge in [0.25, 0.3) is 0 Å².